The third-order valence-electron chi connectivity index (χ3n) is 4.00. The Morgan fingerprint density at radius 2 is 2.00 bits per heavy atom. The molecule has 3 N–H and O–H groups in total. The largest absolute Gasteiger partial charge is 0.378 e. The van der Waals surface area contributed by atoms with Crippen LogP contribution in [-0.2, 0) is 9.53 Å². The van der Waals surface area contributed by atoms with Crippen molar-refractivity contribution in [2.24, 2.45) is 5.73 Å². The Bertz CT molecular complexity index is 439. The van der Waals surface area contributed by atoms with E-state index in [-0.39, 0.29) is 5.91 Å². The van der Waals surface area contributed by atoms with Gasteiger partial charge in [-0.2, -0.15) is 0 Å². The summed E-state index contributed by atoms with van der Waals surface area (Å²) >= 11 is 0. The molecule has 4 heteroatoms. The third kappa shape index (κ3) is 5.14. The van der Waals surface area contributed by atoms with Crippen LogP contribution < -0.4 is 11.1 Å². The van der Waals surface area contributed by atoms with Crippen LogP contribution in [0.3, 0.4) is 0 Å². The molecule has 2 rings (SSSR count). The molecule has 1 aliphatic carbocycles. The van der Waals surface area contributed by atoms with Gasteiger partial charge in [-0.3, -0.25) is 4.79 Å². The van der Waals surface area contributed by atoms with Gasteiger partial charge in [0, 0.05) is 13.2 Å². The number of benzene rings is 1. The van der Waals surface area contributed by atoms with Gasteiger partial charge in [0.1, 0.15) is 6.04 Å². The van der Waals surface area contributed by atoms with E-state index in [0.29, 0.717) is 19.3 Å². The Morgan fingerprint density at radius 1 is 1.33 bits per heavy atom. The molecule has 0 spiro atoms. The fourth-order valence-electron chi connectivity index (χ4n) is 2.62. The predicted octanol–water partition coefficient (Wildman–Crippen LogP) is 2.46. The number of nitrogens with one attached hydrogen (secondary N) is 1. The SMILES string of the molecule is Cc1ccc(C(N)C(=O)NCCCOC2CCCC2)cc1. The smallest absolute Gasteiger partial charge is 0.241 e. The van der Waals surface area contributed by atoms with Gasteiger partial charge in [0.15, 0.2) is 0 Å². The molecule has 0 saturated heterocycles. The molecular weight excluding hydrogens is 264 g/mol. The topological polar surface area (TPSA) is 64.4 Å². The van der Waals surface area contributed by atoms with Gasteiger partial charge in [0.05, 0.1) is 6.10 Å². The molecule has 1 aromatic carbocycles. The molecule has 0 heterocycles. The molecule has 1 saturated carbocycles. The van der Waals surface area contributed by atoms with Gasteiger partial charge in [-0.15, -0.1) is 0 Å². The summed E-state index contributed by atoms with van der Waals surface area (Å²) in [4.78, 5) is 12.0. The van der Waals surface area contributed by atoms with Crippen molar-refractivity contribution in [3.05, 3.63) is 35.4 Å². The van der Waals surface area contributed by atoms with Gasteiger partial charge in [-0.05, 0) is 31.7 Å². The zero-order valence-corrected chi connectivity index (χ0v) is 12.8. The maximum Gasteiger partial charge on any atom is 0.241 e. The average molecular weight is 290 g/mol. The quantitative estimate of drug-likeness (QED) is 0.758. The Balaban J connectivity index is 1.63. The average Bonchev–Trinajstić information content (AvgIpc) is 3.00. The van der Waals surface area contributed by atoms with Crippen molar-refractivity contribution in [3.8, 4) is 0 Å². The highest BCUT2D eigenvalue weighted by Crippen LogP contribution is 2.20. The summed E-state index contributed by atoms with van der Waals surface area (Å²) in [5, 5.41) is 2.88. The van der Waals surface area contributed by atoms with Crippen LogP contribution in [0.5, 0.6) is 0 Å². The Labute approximate surface area is 127 Å². The summed E-state index contributed by atoms with van der Waals surface area (Å²) in [5.41, 5.74) is 7.97. The van der Waals surface area contributed by atoms with Crippen LogP contribution >= 0.6 is 0 Å². The zero-order chi connectivity index (χ0) is 15.1. The van der Waals surface area contributed by atoms with Crippen molar-refractivity contribution in [3.63, 3.8) is 0 Å². The summed E-state index contributed by atoms with van der Waals surface area (Å²) in [6, 6.07) is 7.16. The highest BCUT2D eigenvalue weighted by atomic mass is 16.5. The number of ether oxygens (including phenoxy) is 1. The lowest BCUT2D eigenvalue weighted by molar-refractivity contribution is -0.122. The van der Waals surface area contributed by atoms with E-state index in [9.17, 15) is 4.79 Å². The van der Waals surface area contributed by atoms with Crippen LogP contribution in [0.2, 0.25) is 0 Å². The van der Waals surface area contributed by atoms with Crippen molar-refractivity contribution in [2.45, 2.75) is 51.2 Å². The first kappa shape index (κ1) is 16.0. The van der Waals surface area contributed by atoms with E-state index in [1.165, 1.54) is 25.7 Å². The van der Waals surface area contributed by atoms with E-state index in [0.717, 1.165) is 17.5 Å². The predicted molar refractivity (Wildman–Crippen MR) is 83.9 cm³/mol. The minimum atomic E-state index is -0.596. The fourth-order valence-corrected chi connectivity index (χ4v) is 2.62. The number of rotatable bonds is 7. The van der Waals surface area contributed by atoms with Crippen LogP contribution in [0.15, 0.2) is 24.3 Å². The lowest BCUT2D eigenvalue weighted by atomic mass is 10.1. The number of aryl methyl sites for hydroxylation is 1. The van der Waals surface area contributed by atoms with Crippen molar-refractivity contribution < 1.29 is 9.53 Å². The number of amides is 1. The lowest BCUT2D eigenvalue weighted by Gasteiger charge is -2.14. The fraction of sp³-hybridized carbons (Fsp3) is 0.588. The highest BCUT2D eigenvalue weighted by Gasteiger charge is 2.16. The minimum Gasteiger partial charge on any atom is -0.378 e. The lowest BCUT2D eigenvalue weighted by Crippen LogP contribution is -2.35. The molecule has 1 amide bonds. The van der Waals surface area contributed by atoms with Crippen LogP contribution in [0.4, 0.5) is 0 Å². The van der Waals surface area contributed by atoms with Gasteiger partial charge in [-0.1, -0.05) is 42.7 Å². The Kier molecular flexibility index (Phi) is 6.21. The number of nitrogens with two attached hydrogens (primary N) is 1. The molecule has 1 aromatic rings. The zero-order valence-electron chi connectivity index (χ0n) is 12.8. The van der Waals surface area contributed by atoms with E-state index in [1.54, 1.807) is 0 Å². The molecule has 1 aliphatic rings. The van der Waals surface area contributed by atoms with Crippen LogP contribution in [0.1, 0.15) is 49.3 Å². The summed E-state index contributed by atoms with van der Waals surface area (Å²) in [6.07, 6.45) is 6.22. The molecule has 1 fully saturated rings. The molecule has 1 unspecified atom stereocenters. The van der Waals surface area contributed by atoms with Gasteiger partial charge in [-0.25, -0.2) is 0 Å². The standard InChI is InChI=1S/C17H26N2O2/c1-13-7-9-14(10-8-13)16(18)17(20)19-11-4-12-21-15-5-2-3-6-15/h7-10,15-16H,2-6,11-12,18H2,1H3,(H,19,20). The summed E-state index contributed by atoms with van der Waals surface area (Å²) in [7, 11) is 0. The van der Waals surface area contributed by atoms with Crippen molar-refractivity contribution in [1.29, 1.82) is 0 Å². The van der Waals surface area contributed by atoms with Gasteiger partial charge in [0.2, 0.25) is 5.91 Å². The van der Waals surface area contributed by atoms with Crippen LogP contribution in [0.25, 0.3) is 0 Å². The second-order valence-electron chi connectivity index (χ2n) is 5.81. The first-order chi connectivity index (χ1) is 10.2. The molecule has 1 atom stereocenters. The van der Waals surface area contributed by atoms with E-state index >= 15 is 0 Å². The van der Waals surface area contributed by atoms with E-state index in [1.807, 2.05) is 31.2 Å². The summed E-state index contributed by atoms with van der Waals surface area (Å²) in [6.45, 7) is 3.34. The third-order valence-corrected chi connectivity index (χ3v) is 4.00. The molecule has 4 nitrogen and oxygen atoms in total. The number of hydrogen-bond acceptors (Lipinski definition) is 3. The highest BCUT2D eigenvalue weighted by molar-refractivity contribution is 5.82. The first-order valence-electron chi connectivity index (χ1n) is 7.88. The summed E-state index contributed by atoms with van der Waals surface area (Å²) in [5.74, 6) is -0.125. The molecule has 0 aromatic heterocycles. The number of carbonyl (C=O) groups excluding carboxylic acids is 1. The van der Waals surface area contributed by atoms with Crippen LogP contribution in [-0.4, -0.2) is 25.2 Å². The first-order valence-corrected chi connectivity index (χ1v) is 7.88. The van der Waals surface area contributed by atoms with Crippen molar-refractivity contribution in [1.82, 2.24) is 5.32 Å². The van der Waals surface area contributed by atoms with Gasteiger partial charge in [0.25, 0.3) is 0 Å². The monoisotopic (exact) mass is 290 g/mol. The molecule has 0 bridgehead atoms. The molecule has 0 aliphatic heterocycles. The maximum atomic E-state index is 12.0. The molecule has 116 valence electrons. The second-order valence-corrected chi connectivity index (χ2v) is 5.81. The minimum absolute atomic E-state index is 0.125. The van der Waals surface area contributed by atoms with Crippen molar-refractivity contribution >= 4 is 5.91 Å². The van der Waals surface area contributed by atoms with Crippen molar-refractivity contribution in [2.75, 3.05) is 13.2 Å². The Hall–Kier alpha value is -1.39. The van der Waals surface area contributed by atoms with Crippen LogP contribution in [0, 0.1) is 6.92 Å². The molecule has 21 heavy (non-hydrogen) atoms. The normalized spacial score (nSPS) is 16.9. The number of hydrogen-bond donors (Lipinski definition) is 2. The molecular formula is C17H26N2O2. The van der Waals surface area contributed by atoms with E-state index in [2.05, 4.69) is 5.32 Å². The second kappa shape index (κ2) is 8.15. The van der Waals surface area contributed by atoms with Gasteiger partial charge < -0.3 is 15.8 Å². The number of carbonyl (C=O) groups is 1. The van der Waals surface area contributed by atoms with E-state index < -0.39 is 6.04 Å². The van der Waals surface area contributed by atoms with Gasteiger partial charge >= 0.3 is 0 Å². The summed E-state index contributed by atoms with van der Waals surface area (Å²) < 4.78 is 5.76. The molecule has 0 radical (unpaired) electrons. The Morgan fingerprint density at radius 3 is 2.67 bits per heavy atom. The van der Waals surface area contributed by atoms with E-state index in [4.69, 9.17) is 10.5 Å². The maximum absolute atomic E-state index is 12.0.